The molecule has 1 aliphatic heterocycles. The molecule has 32 heavy (non-hydrogen) atoms. The van der Waals surface area contributed by atoms with Crippen LogP contribution in [0.4, 0.5) is 13.2 Å². The van der Waals surface area contributed by atoms with Crippen LogP contribution in [0.1, 0.15) is 37.0 Å². The minimum atomic E-state index is -4.20. The number of nitrogens with zero attached hydrogens (tertiary/aromatic N) is 2. The molecular formula is C24H29F3N2O3. The number of ether oxygens (including phenoxy) is 2. The summed E-state index contributed by atoms with van der Waals surface area (Å²) in [5.41, 5.74) is 0.403. The van der Waals surface area contributed by atoms with E-state index in [0.29, 0.717) is 36.9 Å². The molecule has 174 valence electrons. The van der Waals surface area contributed by atoms with Crippen molar-refractivity contribution in [1.29, 1.82) is 0 Å². The molecule has 2 aromatic rings. The SMILES string of the molecule is COC(=O)c1ccc(-c2ccc(OCC3CCN(CC(C)(C)C(F)(F)F)CC3)cn2)cc1. The van der Waals surface area contributed by atoms with Crippen LogP contribution >= 0.6 is 0 Å². The minimum absolute atomic E-state index is 0.0239. The smallest absolute Gasteiger partial charge is 0.395 e. The van der Waals surface area contributed by atoms with Crippen LogP contribution in [0.2, 0.25) is 0 Å². The highest BCUT2D eigenvalue weighted by molar-refractivity contribution is 5.89. The van der Waals surface area contributed by atoms with Crippen LogP contribution in [0, 0.1) is 11.3 Å². The molecule has 3 rings (SSSR count). The molecular weight excluding hydrogens is 421 g/mol. The Kier molecular flexibility index (Phi) is 7.44. The molecule has 8 heteroatoms. The minimum Gasteiger partial charge on any atom is -0.492 e. The number of piperidine rings is 1. The molecule has 0 aliphatic carbocycles. The van der Waals surface area contributed by atoms with Crippen molar-refractivity contribution in [2.75, 3.05) is 33.4 Å². The van der Waals surface area contributed by atoms with Crippen LogP contribution < -0.4 is 4.74 Å². The molecule has 0 amide bonds. The summed E-state index contributed by atoms with van der Waals surface area (Å²) in [7, 11) is 1.34. The molecule has 0 bridgehead atoms. The van der Waals surface area contributed by atoms with Crippen molar-refractivity contribution in [2.45, 2.75) is 32.9 Å². The van der Waals surface area contributed by atoms with Gasteiger partial charge in [0.1, 0.15) is 5.75 Å². The predicted octanol–water partition coefficient (Wildman–Crippen LogP) is 5.21. The lowest BCUT2D eigenvalue weighted by molar-refractivity contribution is -0.217. The Bertz CT molecular complexity index is 888. The lowest BCUT2D eigenvalue weighted by Crippen LogP contribution is -2.46. The molecule has 1 aliphatic rings. The summed E-state index contributed by atoms with van der Waals surface area (Å²) in [6.45, 7) is 4.35. The average molecular weight is 451 g/mol. The number of rotatable bonds is 7. The van der Waals surface area contributed by atoms with E-state index in [2.05, 4.69) is 4.98 Å². The number of benzene rings is 1. The first-order valence-corrected chi connectivity index (χ1v) is 10.7. The third-order valence-electron chi connectivity index (χ3n) is 5.92. The van der Waals surface area contributed by atoms with Gasteiger partial charge in [0.05, 0.1) is 36.6 Å². The zero-order valence-corrected chi connectivity index (χ0v) is 18.6. The van der Waals surface area contributed by atoms with Crippen molar-refractivity contribution in [3.8, 4) is 17.0 Å². The summed E-state index contributed by atoms with van der Waals surface area (Å²) in [5, 5.41) is 0. The van der Waals surface area contributed by atoms with Gasteiger partial charge in [0, 0.05) is 12.1 Å². The number of carbonyl (C=O) groups excluding carboxylic acids is 1. The van der Waals surface area contributed by atoms with Crippen LogP contribution in [0.5, 0.6) is 5.75 Å². The number of methoxy groups -OCH3 is 1. The number of pyridine rings is 1. The van der Waals surface area contributed by atoms with E-state index in [1.54, 1.807) is 18.3 Å². The van der Waals surface area contributed by atoms with E-state index in [1.165, 1.54) is 21.0 Å². The van der Waals surface area contributed by atoms with Gasteiger partial charge in [-0.3, -0.25) is 4.98 Å². The number of alkyl halides is 3. The summed E-state index contributed by atoms with van der Waals surface area (Å²) >= 11 is 0. The van der Waals surface area contributed by atoms with Crippen molar-refractivity contribution in [3.05, 3.63) is 48.2 Å². The first-order chi connectivity index (χ1) is 15.1. The predicted molar refractivity (Wildman–Crippen MR) is 116 cm³/mol. The van der Waals surface area contributed by atoms with Gasteiger partial charge in [-0.05, 0) is 70.0 Å². The van der Waals surface area contributed by atoms with E-state index >= 15 is 0 Å². The van der Waals surface area contributed by atoms with Gasteiger partial charge in [-0.15, -0.1) is 0 Å². The van der Waals surface area contributed by atoms with Gasteiger partial charge in [-0.2, -0.15) is 13.2 Å². The maximum atomic E-state index is 13.1. The second kappa shape index (κ2) is 9.90. The number of hydrogen-bond acceptors (Lipinski definition) is 5. The molecule has 1 saturated heterocycles. The van der Waals surface area contributed by atoms with E-state index in [9.17, 15) is 18.0 Å². The fourth-order valence-electron chi connectivity index (χ4n) is 3.71. The molecule has 1 aromatic heterocycles. The molecule has 0 saturated carbocycles. The van der Waals surface area contributed by atoms with Crippen molar-refractivity contribution in [2.24, 2.45) is 11.3 Å². The molecule has 5 nitrogen and oxygen atoms in total. The van der Waals surface area contributed by atoms with Gasteiger partial charge in [-0.1, -0.05) is 12.1 Å². The highest BCUT2D eigenvalue weighted by Crippen LogP contribution is 2.38. The second-order valence-electron chi connectivity index (χ2n) is 8.86. The quantitative estimate of drug-likeness (QED) is 0.542. The number of halogens is 3. The molecule has 1 aromatic carbocycles. The summed E-state index contributed by atoms with van der Waals surface area (Å²) in [6, 6.07) is 10.7. The van der Waals surface area contributed by atoms with Crippen LogP contribution in [0.15, 0.2) is 42.6 Å². The molecule has 1 fully saturated rings. The van der Waals surface area contributed by atoms with Gasteiger partial charge in [0.15, 0.2) is 0 Å². The number of likely N-dealkylation sites (tertiary alicyclic amines) is 1. The van der Waals surface area contributed by atoms with Crippen molar-refractivity contribution in [1.82, 2.24) is 9.88 Å². The van der Waals surface area contributed by atoms with E-state index in [0.717, 1.165) is 24.1 Å². The summed E-state index contributed by atoms with van der Waals surface area (Å²) < 4.78 is 49.9. The summed E-state index contributed by atoms with van der Waals surface area (Å²) in [5.74, 6) is 0.578. The van der Waals surface area contributed by atoms with Crippen LogP contribution in [0.3, 0.4) is 0 Å². The maximum Gasteiger partial charge on any atom is 0.395 e. The highest BCUT2D eigenvalue weighted by atomic mass is 19.4. The van der Waals surface area contributed by atoms with Gasteiger partial charge < -0.3 is 14.4 Å². The second-order valence-corrected chi connectivity index (χ2v) is 8.86. The Morgan fingerprint density at radius 3 is 2.28 bits per heavy atom. The number of carbonyl (C=O) groups is 1. The molecule has 2 heterocycles. The molecule has 0 N–H and O–H groups in total. The van der Waals surface area contributed by atoms with Crippen LogP contribution in [0.25, 0.3) is 11.3 Å². The standard InChI is InChI=1S/C24H29F3N2O3/c1-23(2,24(25,26)27)16-29-12-10-17(11-13-29)15-32-20-8-9-21(28-14-20)18-4-6-19(7-5-18)22(30)31-3/h4-9,14,17H,10-13,15-16H2,1-3H3. The van der Waals surface area contributed by atoms with Gasteiger partial charge in [0.2, 0.25) is 0 Å². The number of esters is 1. The Balaban J connectivity index is 1.47. The van der Waals surface area contributed by atoms with E-state index in [-0.39, 0.29) is 12.5 Å². The lowest BCUT2D eigenvalue weighted by Gasteiger charge is -2.38. The largest absolute Gasteiger partial charge is 0.492 e. The van der Waals surface area contributed by atoms with E-state index < -0.39 is 11.6 Å². The van der Waals surface area contributed by atoms with E-state index in [4.69, 9.17) is 9.47 Å². The molecule has 0 unspecified atom stereocenters. The summed E-state index contributed by atoms with van der Waals surface area (Å²) in [4.78, 5) is 17.8. The number of aromatic nitrogens is 1. The fourth-order valence-corrected chi connectivity index (χ4v) is 3.71. The van der Waals surface area contributed by atoms with Crippen molar-refractivity contribution < 1.29 is 27.4 Å². The zero-order chi connectivity index (χ0) is 23.4. The monoisotopic (exact) mass is 450 g/mol. The maximum absolute atomic E-state index is 13.1. The molecule has 0 spiro atoms. The first-order valence-electron chi connectivity index (χ1n) is 10.7. The fraction of sp³-hybridized carbons (Fsp3) is 0.500. The summed E-state index contributed by atoms with van der Waals surface area (Å²) in [6.07, 6.45) is -0.919. The van der Waals surface area contributed by atoms with Gasteiger partial charge in [0.25, 0.3) is 0 Å². The Hall–Kier alpha value is -2.61. The van der Waals surface area contributed by atoms with Crippen LogP contribution in [-0.2, 0) is 4.74 Å². The molecule has 0 atom stereocenters. The normalized spacial score (nSPS) is 16.1. The average Bonchev–Trinajstić information content (AvgIpc) is 2.77. The van der Waals surface area contributed by atoms with Gasteiger partial charge in [-0.25, -0.2) is 4.79 Å². The van der Waals surface area contributed by atoms with Gasteiger partial charge >= 0.3 is 12.1 Å². The number of hydrogen-bond donors (Lipinski definition) is 0. The third kappa shape index (κ3) is 6.00. The Morgan fingerprint density at radius 2 is 1.75 bits per heavy atom. The van der Waals surface area contributed by atoms with Crippen molar-refractivity contribution in [3.63, 3.8) is 0 Å². The highest BCUT2D eigenvalue weighted by Gasteiger charge is 2.48. The first kappa shape index (κ1) is 24.0. The lowest BCUT2D eigenvalue weighted by atomic mass is 9.89. The van der Waals surface area contributed by atoms with Crippen LogP contribution in [-0.4, -0.2) is 55.4 Å². The van der Waals surface area contributed by atoms with E-state index in [1.807, 2.05) is 29.2 Å². The zero-order valence-electron chi connectivity index (χ0n) is 18.6. The Morgan fingerprint density at radius 1 is 1.09 bits per heavy atom. The topological polar surface area (TPSA) is 51.7 Å². The third-order valence-corrected chi connectivity index (χ3v) is 5.92. The molecule has 0 radical (unpaired) electrons. The van der Waals surface area contributed by atoms with Crippen molar-refractivity contribution >= 4 is 5.97 Å². The Labute approximate surface area is 186 Å².